The second-order valence-corrected chi connectivity index (χ2v) is 8.90. The fraction of sp³-hybridized carbons (Fsp3) is 0.111. The van der Waals surface area contributed by atoms with Crippen LogP contribution in [0.25, 0.3) is 27.8 Å². The first-order valence-corrected chi connectivity index (χ1v) is 11.9. The number of pyridine rings is 2. The number of nitrogens with two attached hydrogens (primary N) is 1. The smallest absolute Gasteiger partial charge is 0.268 e. The number of nitrogens with zero attached hydrogens (tertiary/aromatic N) is 5. The molecule has 0 atom stereocenters. The summed E-state index contributed by atoms with van der Waals surface area (Å²) in [6.07, 6.45) is 5.36. The van der Waals surface area contributed by atoms with Gasteiger partial charge >= 0.3 is 0 Å². The van der Waals surface area contributed by atoms with Crippen LogP contribution in [0.15, 0.2) is 72.0 Å². The Morgan fingerprint density at radius 1 is 1.05 bits per heavy atom. The van der Waals surface area contributed by atoms with Gasteiger partial charge in [0.25, 0.3) is 17.4 Å². The summed E-state index contributed by atoms with van der Waals surface area (Å²) in [4.78, 5) is 52.1. The quantitative estimate of drug-likeness (QED) is 0.338. The third kappa shape index (κ3) is 3.77. The lowest BCUT2D eigenvalue weighted by atomic mass is 10.0. The molecule has 0 fully saturated rings. The van der Waals surface area contributed by atoms with Gasteiger partial charge in [-0.2, -0.15) is 0 Å². The maximum atomic E-state index is 13.5. The van der Waals surface area contributed by atoms with Crippen molar-refractivity contribution in [2.45, 2.75) is 6.42 Å². The van der Waals surface area contributed by atoms with Gasteiger partial charge in [0.1, 0.15) is 29.2 Å². The Kier molecular flexibility index (Phi) is 5.45. The first kappa shape index (κ1) is 23.1. The van der Waals surface area contributed by atoms with Crippen LogP contribution in [0.2, 0.25) is 0 Å². The summed E-state index contributed by atoms with van der Waals surface area (Å²) in [5.41, 5.74) is 9.13. The second kappa shape index (κ2) is 8.96. The Bertz CT molecular complexity index is 1790. The van der Waals surface area contributed by atoms with Crippen molar-refractivity contribution in [2.24, 2.45) is 7.05 Å². The minimum absolute atomic E-state index is 0.158. The molecule has 0 radical (unpaired) electrons. The lowest BCUT2D eigenvalue weighted by Crippen LogP contribution is -2.39. The van der Waals surface area contributed by atoms with Gasteiger partial charge in [-0.3, -0.25) is 19.0 Å². The molecule has 5 aromatic rings. The topological polar surface area (TPSA) is 150 Å². The van der Waals surface area contributed by atoms with Crippen molar-refractivity contribution in [1.29, 1.82) is 0 Å². The van der Waals surface area contributed by atoms with Crippen molar-refractivity contribution >= 4 is 34.5 Å². The summed E-state index contributed by atoms with van der Waals surface area (Å²) in [6.45, 7) is 0.411. The largest absolute Gasteiger partial charge is 0.383 e. The second-order valence-electron chi connectivity index (χ2n) is 8.90. The predicted octanol–water partition coefficient (Wildman–Crippen LogP) is 2.30. The molecule has 11 heteroatoms. The van der Waals surface area contributed by atoms with Crippen LogP contribution in [-0.4, -0.2) is 42.4 Å². The van der Waals surface area contributed by atoms with Crippen molar-refractivity contribution < 1.29 is 9.59 Å². The number of benzene rings is 1. The molecular formula is C27H22N8O3. The Balaban J connectivity index is 1.35. The van der Waals surface area contributed by atoms with Gasteiger partial charge in [0.05, 0.1) is 10.9 Å². The van der Waals surface area contributed by atoms with Crippen molar-refractivity contribution in [3.8, 4) is 16.8 Å². The van der Waals surface area contributed by atoms with E-state index in [1.165, 1.54) is 17.0 Å². The standard InChI is InChI=1S/C27H22N8O3/c1-34-13-19(22-23(28)31-14-32-24(22)34)15-7-8-21(30-12-15)33-26(37)18-11-17-20(9-10-29-25(17)36)35(27(18)38)16-5-3-2-4-6-16/h2-8,11-14H,9-10H2,1H3,(H,29,36)(H2,28,31,32)(H,30,33,37). The number of rotatable bonds is 4. The molecule has 6 rings (SSSR count). The first-order valence-electron chi connectivity index (χ1n) is 11.9. The van der Waals surface area contributed by atoms with Gasteiger partial charge in [-0.1, -0.05) is 18.2 Å². The fourth-order valence-electron chi connectivity index (χ4n) is 4.76. The molecule has 11 nitrogen and oxygen atoms in total. The van der Waals surface area contributed by atoms with Gasteiger partial charge in [-0.15, -0.1) is 0 Å². The average Bonchev–Trinajstić information content (AvgIpc) is 3.27. The van der Waals surface area contributed by atoms with Crippen molar-refractivity contribution in [1.82, 2.24) is 29.4 Å². The molecule has 0 saturated heterocycles. The summed E-state index contributed by atoms with van der Waals surface area (Å²) in [6, 6.07) is 13.7. The highest BCUT2D eigenvalue weighted by Gasteiger charge is 2.26. The highest BCUT2D eigenvalue weighted by atomic mass is 16.2. The number of carbonyl (C=O) groups excluding carboxylic acids is 2. The molecular weight excluding hydrogens is 484 g/mol. The number of fused-ring (bicyclic) bond motifs is 2. The number of anilines is 2. The highest BCUT2D eigenvalue weighted by molar-refractivity contribution is 6.06. The average molecular weight is 507 g/mol. The van der Waals surface area contributed by atoms with E-state index in [0.29, 0.717) is 46.8 Å². The molecule has 4 aromatic heterocycles. The van der Waals surface area contributed by atoms with Crippen LogP contribution < -0.4 is 21.9 Å². The van der Waals surface area contributed by atoms with Gasteiger partial charge in [0, 0.05) is 54.9 Å². The van der Waals surface area contributed by atoms with E-state index in [1.54, 1.807) is 42.6 Å². The van der Waals surface area contributed by atoms with Gasteiger partial charge in [-0.25, -0.2) is 15.0 Å². The molecule has 0 unspecified atom stereocenters. The first-order chi connectivity index (χ1) is 18.4. The molecule has 4 N–H and O–H groups in total. The summed E-state index contributed by atoms with van der Waals surface area (Å²) in [7, 11) is 1.86. The molecule has 0 aliphatic carbocycles. The van der Waals surface area contributed by atoms with Gasteiger partial charge < -0.3 is 20.9 Å². The normalized spacial score (nSPS) is 12.7. The minimum atomic E-state index is -0.663. The van der Waals surface area contributed by atoms with Crippen LogP contribution in [0, 0.1) is 0 Å². The number of nitrogen functional groups attached to an aromatic ring is 1. The van der Waals surface area contributed by atoms with E-state index in [0.717, 1.165) is 11.1 Å². The minimum Gasteiger partial charge on any atom is -0.383 e. The van der Waals surface area contributed by atoms with Crippen LogP contribution in [0.1, 0.15) is 26.4 Å². The van der Waals surface area contributed by atoms with Gasteiger partial charge in [0.2, 0.25) is 0 Å². The molecule has 1 aromatic carbocycles. The van der Waals surface area contributed by atoms with Crippen LogP contribution in [-0.2, 0) is 13.5 Å². The number of aromatic nitrogens is 5. The number of hydrogen-bond donors (Lipinski definition) is 3. The molecule has 0 bridgehead atoms. The number of nitrogens with one attached hydrogen (secondary N) is 2. The van der Waals surface area contributed by atoms with Crippen molar-refractivity contribution in [2.75, 3.05) is 17.6 Å². The summed E-state index contributed by atoms with van der Waals surface area (Å²) in [5.74, 6) is -0.389. The van der Waals surface area contributed by atoms with E-state index in [4.69, 9.17) is 5.73 Å². The SMILES string of the molecule is Cn1cc(-c2ccc(NC(=O)c3cc4c(n(-c5ccccc5)c3=O)CCNC4=O)nc2)c2c(N)ncnc21. The van der Waals surface area contributed by atoms with Gasteiger partial charge in [-0.05, 0) is 30.3 Å². The Morgan fingerprint density at radius 3 is 2.63 bits per heavy atom. The molecule has 38 heavy (non-hydrogen) atoms. The van der Waals surface area contributed by atoms with Crippen molar-refractivity contribution in [3.63, 3.8) is 0 Å². The number of hydrogen-bond acceptors (Lipinski definition) is 7. The number of carbonyl (C=O) groups is 2. The molecule has 0 spiro atoms. The molecule has 1 aliphatic heterocycles. The van der Waals surface area contributed by atoms with E-state index in [9.17, 15) is 14.4 Å². The van der Waals surface area contributed by atoms with Crippen LogP contribution in [0.4, 0.5) is 11.6 Å². The number of aryl methyl sites for hydroxylation is 1. The Labute approximate surface area is 216 Å². The van der Waals surface area contributed by atoms with E-state index < -0.39 is 11.5 Å². The zero-order valence-electron chi connectivity index (χ0n) is 20.3. The fourth-order valence-corrected chi connectivity index (χ4v) is 4.76. The van der Waals surface area contributed by atoms with Gasteiger partial charge in [0.15, 0.2) is 0 Å². The predicted molar refractivity (Wildman–Crippen MR) is 142 cm³/mol. The zero-order valence-corrected chi connectivity index (χ0v) is 20.3. The number of para-hydroxylation sites is 1. The maximum Gasteiger partial charge on any atom is 0.268 e. The lowest BCUT2D eigenvalue weighted by Gasteiger charge is -2.22. The third-order valence-electron chi connectivity index (χ3n) is 6.55. The zero-order chi connectivity index (χ0) is 26.4. The van der Waals surface area contributed by atoms with Crippen molar-refractivity contribution in [3.05, 3.63) is 94.4 Å². The van der Waals surface area contributed by atoms with E-state index in [2.05, 4.69) is 25.6 Å². The highest BCUT2D eigenvalue weighted by Crippen LogP contribution is 2.32. The molecule has 0 saturated carbocycles. The van der Waals surface area contributed by atoms with Crippen LogP contribution >= 0.6 is 0 Å². The van der Waals surface area contributed by atoms with E-state index in [-0.39, 0.29) is 17.3 Å². The third-order valence-corrected chi connectivity index (χ3v) is 6.55. The summed E-state index contributed by atoms with van der Waals surface area (Å²) >= 11 is 0. The molecule has 2 amide bonds. The number of amides is 2. The monoisotopic (exact) mass is 506 g/mol. The molecule has 5 heterocycles. The molecule has 188 valence electrons. The van der Waals surface area contributed by atoms with Crippen LogP contribution in [0.3, 0.4) is 0 Å². The maximum absolute atomic E-state index is 13.5. The summed E-state index contributed by atoms with van der Waals surface area (Å²) < 4.78 is 3.29. The Hall–Kier alpha value is -5.32. The Morgan fingerprint density at radius 2 is 1.87 bits per heavy atom. The van der Waals surface area contributed by atoms with E-state index >= 15 is 0 Å². The lowest BCUT2D eigenvalue weighted by molar-refractivity contribution is 0.0944. The van der Waals surface area contributed by atoms with E-state index in [1.807, 2.05) is 23.9 Å². The summed E-state index contributed by atoms with van der Waals surface area (Å²) in [5, 5.41) is 6.17. The molecule has 1 aliphatic rings. The van der Waals surface area contributed by atoms with Crippen LogP contribution in [0.5, 0.6) is 0 Å².